The molecule has 2 fully saturated rings. The van der Waals surface area contributed by atoms with E-state index in [4.69, 9.17) is 5.73 Å². The first-order valence-corrected chi connectivity index (χ1v) is 6.45. The van der Waals surface area contributed by atoms with E-state index in [-0.39, 0.29) is 6.04 Å². The Hall–Kier alpha value is -0.610. The maximum atomic E-state index is 12.0. The van der Waals surface area contributed by atoms with Crippen LogP contribution in [-0.4, -0.2) is 54.5 Å². The summed E-state index contributed by atoms with van der Waals surface area (Å²) in [5, 5.41) is 0. The van der Waals surface area contributed by atoms with E-state index in [9.17, 15) is 4.79 Å². The number of carbonyl (C=O) groups excluding carboxylic acids is 1. The van der Waals surface area contributed by atoms with E-state index in [1.54, 1.807) is 0 Å². The average molecular weight is 225 g/mol. The van der Waals surface area contributed by atoms with E-state index in [1.807, 2.05) is 11.9 Å². The fourth-order valence-electron chi connectivity index (χ4n) is 3.04. The number of nitrogens with two attached hydrogens (primary N) is 1. The van der Waals surface area contributed by atoms with Crippen LogP contribution in [0.1, 0.15) is 32.1 Å². The lowest BCUT2D eigenvalue weighted by molar-refractivity contribution is -0.131. The van der Waals surface area contributed by atoms with Crippen molar-refractivity contribution < 1.29 is 4.79 Å². The summed E-state index contributed by atoms with van der Waals surface area (Å²) < 4.78 is 0. The summed E-state index contributed by atoms with van der Waals surface area (Å²) in [7, 11) is 1.91. The zero-order valence-corrected chi connectivity index (χ0v) is 10.2. The minimum absolute atomic E-state index is 0.162. The van der Waals surface area contributed by atoms with E-state index in [1.165, 1.54) is 12.8 Å². The second kappa shape index (κ2) is 5.15. The quantitative estimate of drug-likeness (QED) is 0.754. The molecule has 2 aliphatic rings. The second-order valence-electron chi connectivity index (χ2n) is 5.03. The molecule has 0 aromatic carbocycles. The van der Waals surface area contributed by atoms with E-state index < -0.39 is 0 Å². The third kappa shape index (κ3) is 2.23. The molecular weight excluding hydrogens is 202 g/mol. The van der Waals surface area contributed by atoms with Crippen molar-refractivity contribution in [3.8, 4) is 0 Å². The Morgan fingerprint density at radius 2 is 2.19 bits per heavy atom. The molecule has 0 bridgehead atoms. The van der Waals surface area contributed by atoms with Gasteiger partial charge in [-0.1, -0.05) is 0 Å². The molecule has 2 rings (SSSR count). The molecule has 2 saturated heterocycles. The number of carbonyl (C=O) groups is 1. The molecule has 2 atom stereocenters. The molecule has 0 radical (unpaired) electrons. The van der Waals surface area contributed by atoms with Crippen LogP contribution in [0.25, 0.3) is 0 Å². The van der Waals surface area contributed by atoms with E-state index in [0.29, 0.717) is 11.9 Å². The van der Waals surface area contributed by atoms with Crippen molar-refractivity contribution in [2.24, 2.45) is 5.73 Å². The van der Waals surface area contributed by atoms with Crippen molar-refractivity contribution in [3.63, 3.8) is 0 Å². The maximum absolute atomic E-state index is 12.0. The third-order valence-electron chi connectivity index (χ3n) is 3.96. The summed E-state index contributed by atoms with van der Waals surface area (Å²) in [4.78, 5) is 16.3. The number of nitrogens with zero attached hydrogens (tertiary/aromatic N) is 2. The minimum atomic E-state index is 0.162. The highest BCUT2D eigenvalue weighted by atomic mass is 16.2. The summed E-state index contributed by atoms with van der Waals surface area (Å²) in [6.45, 7) is 2.78. The van der Waals surface area contributed by atoms with Gasteiger partial charge >= 0.3 is 0 Å². The molecule has 4 nitrogen and oxygen atoms in total. The summed E-state index contributed by atoms with van der Waals surface area (Å²) in [5.41, 5.74) is 5.56. The first kappa shape index (κ1) is 11.9. The highest BCUT2D eigenvalue weighted by Gasteiger charge is 2.38. The molecule has 2 N–H and O–H groups in total. The van der Waals surface area contributed by atoms with Gasteiger partial charge in [0.25, 0.3) is 0 Å². The van der Waals surface area contributed by atoms with Gasteiger partial charge in [-0.15, -0.1) is 0 Å². The normalized spacial score (nSPS) is 31.6. The van der Waals surface area contributed by atoms with Gasteiger partial charge in [0.05, 0.1) is 6.04 Å². The zero-order chi connectivity index (χ0) is 11.5. The molecule has 2 unspecified atom stereocenters. The predicted octanol–water partition coefficient (Wildman–Crippen LogP) is 0.420. The van der Waals surface area contributed by atoms with Crippen LogP contribution in [0.2, 0.25) is 0 Å². The molecule has 0 spiro atoms. The van der Waals surface area contributed by atoms with Crippen molar-refractivity contribution in [1.29, 1.82) is 0 Å². The van der Waals surface area contributed by atoms with Crippen molar-refractivity contribution in [2.75, 3.05) is 26.7 Å². The van der Waals surface area contributed by atoms with Crippen LogP contribution in [0.15, 0.2) is 0 Å². The lowest BCUT2D eigenvalue weighted by Gasteiger charge is -2.29. The van der Waals surface area contributed by atoms with E-state index in [0.717, 1.165) is 38.9 Å². The number of likely N-dealkylation sites (N-methyl/N-ethyl adjacent to an activating group) is 1. The Balaban J connectivity index is 1.94. The Morgan fingerprint density at radius 3 is 2.81 bits per heavy atom. The zero-order valence-electron chi connectivity index (χ0n) is 10.2. The maximum Gasteiger partial charge on any atom is 0.239 e. The van der Waals surface area contributed by atoms with Gasteiger partial charge in [-0.3, -0.25) is 9.69 Å². The van der Waals surface area contributed by atoms with E-state index in [2.05, 4.69) is 4.90 Å². The highest BCUT2D eigenvalue weighted by Crippen LogP contribution is 2.27. The van der Waals surface area contributed by atoms with Crippen LogP contribution in [0.3, 0.4) is 0 Å². The topological polar surface area (TPSA) is 49.6 Å². The Labute approximate surface area is 97.8 Å². The number of likely N-dealkylation sites (tertiary alicyclic amines) is 2. The van der Waals surface area contributed by atoms with Gasteiger partial charge in [-0.05, 0) is 45.2 Å². The Bertz CT molecular complexity index is 257. The summed E-state index contributed by atoms with van der Waals surface area (Å²) in [6.07, 6.45) is 5.73. The minimum Gasteiger partial charge on any atom is -0.344 e. The average Bonchev–Trinajstić information content (AvgIpc) is 2.85. The van der Waals surface area contributed by atoms with Crippen LogP contribution < -0.4 is 5.73 Å². The number of hydrogen-bond acceptors (Lipinski definition) is 3. The number of amides is 1. The Morgan fingerprint density at radius 1 is 1.38 bits per heavy atom. The molecule has 2 heterocycles. The highest BCUT2D eigenvalue weighted by molar-refractivity contribution is 5.83. The largest absolute Gasteiger partial charge is 0.344 e. The molecule has 0 aromatic rings. The van der Waals surface area contributed by atoms with Crippen molar-refractivity contribution in [2.45, 2.75) is 44.2 Å². The monoisotopic (exact) mass is 225 g/mol. The van der Waals surface area contributed by atoms with Gasteiger partial charge in [0.15, 0.2) is 0 Å². The predicted molar refractivity (Wildman–Crippen MR) is 64.1 cm³/mol. The number of rotatable bonds is 4. The SMILES string of the molecule is CN1CCC(N2CCCC2CCCN)C1=O. The van der Waals surface area contributed by atoms with Crippen LogP contribution in [-0.2, 0) is 4.79 Å². The van der Waals surface area contributed by atoms with Crippen LogP contribution in [0.4, 0.5) is 0 Å². The van der Waals surface area contributed by atoms with Gasteiger partial charge in [0.1, 0.15) is 0 Å². The van der Waals surface area contributed by atoms with Gasteiger partial charge in [0, 0.05) is 19.6 Å². The first-order valence-electron chi connectivity index (χ1n) is 6.45. The van der Waals surface area contributed by atoms with Gasteiger partial charge < -0.3 is 10.6 Å². The summed E-state index contributed by atoms with van der Waals surface area (Å²) in [5.74, 6) is 0.319. The molecule has 16 heavy (non-hydrogen) atoms. The summed E-state index contributed by atoms with van der Waals surface area (Å²) in [6, 6.07) is 0.763. The third-order valence-corrected chi connectivity index (χ3v) is 3.96. The Kier molecular flexibility index (Phi) is 3.82. The molecule has 0 saturated carbocycles. The lowest BCUT2D eigenvalue weighted by atomic mass is 10.1. The fraction of sp³-hybridized carbons (Fsp3) is 0.917. The lowest BCUT2D eigenvalue weighted by Crippen LogP contribution is -2.43. The van der Waals surface area contributed by atoms with Crippen molar-refractivity contribution in [1.82, 2.24) is 9.80 Å². The van der Waals surface area contributed by atoms with Crippen LogP contribution >= 0.6 is 0 Å². The van der Waals surface area contributed by atoms with Crippen molar-refractivity contribution >= 4 is 5.91 Å². The molecule has 0 aliphatic carbocycles. The standard InChI is InChI=1S/C12H23N3O/c1-14-9-6-11(12(14)16)15-8-3-5-10(15)4-2-7-13/h10-11H,2-9,13H2,1H3. The second-order valence-corrected chi connectivity index (χ2v) is 5.03. The van der Waals surface area contributed by atoms with Gasteiger partial charge in [-0.2, -0.15) is 0 Å². The van der Waals surface area contributed by atoms with Gasteiger partial charge in [0.2, 0.25) is 5.91 Å². The summed E-state index contributed by atoms with van der Waals surface area (Å²) >= 11 is 0. The molecular formula is C12H23N3O. The van der Waals surface area contributed by atoms with Crippen molar-refractivity contribution in [3.05, 3.63) is 0 Å². The first-order chi connectivity index (χ1) is 7.74. The molecule has 92 valence electrons. The van der Waals surface area contributed by atoms with Gasteiger partial charge in [-0.25, -0.2) is 0 Å². The molecule has 4 heteroatoms. The van der Waals surface area contributed by atoms with E-state index >= 15 is 0 Å². The number of hydrogen-bond donors (Lipinski definition) is 1. The fourth-order valence-corrected chi connectivity index (χ4v) is 3.04. The molecule has 0 aromatic heterocycles. The van der Waals surface area contributed by atoms with Crippen LogP contribution in [0, 0.1) is 0 Å². The molecule has 1 amide bonds. The van der Waals surface area contributed by atoms with Crippen LogP contribution in [0.5, 0.6) is 0 Å². The smallest absolute Gasteiger partial charge is 0.239 e. The molecule has 2 aliphatic heterocycles.